The Morgan fingerprint density at radius 3 is 1.98 bits per heavy atom. The molecule has 0 aliphatic heterocycles. The van der Waals surface area contributed by atoms with Crippen LogP contribution in [-0.2, 0) is 0 Å². The summed E-state index contributed by atoms with van der Waals surface area (Å²) in [5.74, 6) is 0. The first-order valence-electron chi connectivity index (χ1n) is 15.5. The zero-order valence-electron chi connectivity index (χ0n) is 25.0. The van der Waals surface area contributed by atoms with Gasteiger partial charge in [-0.05, 0) is 74.8 Å². The molecule has 216 valence electrons. The highest BCUT2D eigenvalue weighted by molar-refractivity contribution is 6.09. The van der Waals surface area contributed by atoms with Gasteiger partial charge in [0.25, 0.3) is 0 Å². The van der Waals surface area contributed by atoms with Gasteiger partial charge in [0, 0.05) is 39.8 Å². The summed E-state index contributed by atoms with van der Waals surface area (Å²) in [5, 5.41) is 7.03. The lowest BCUT2D eigenvalue weighted by molar-refractivity contribution is 0.667. The number of benzene rings is 7. The number of hydrogen-bond donors (Lipinski definition) is 0. The lowest BCUT2D eigenvalue weighted by Gasteiger charge is -2.27. The van der Waals surface area contributed by atoms with E-state index in [9.17, 15) is 0 Å². The molecule has 3 heteroatoms. The largest absolute Gasteiger partial charge is 0.454 e. The van der Waals surface area contributed by atoms with Crippen LogP contribution < -0.4 is 4.90 Å². The van der Waals surface area contributed by atoms with Crippen LogP contribution in [0.3, 0.4) is 0 Å². The maximum atomic E-state index is 6.31. The monoisotopic (exact) mass is 588 g/mol. The van der Waals surface area contributed by atoms with Crippen LogP contribution in [-0.4, -0.2) is 4.98 Å². The second-order valence-corrected chi connectivity index (χ2v) is 11.6. The van der Waals surface area contributed by atoms with Gasteiger partial charge < -0.3 is 9.32 Å². The molecule has 0 aliphatic rings. The number of rotatable bonds is 5. The smallest absolute Gasteiger partial charge is 0.153 e. The second-order valence-electron chi connectivity index (χ2n) is 11.6. The van der Waals surface area contributed by atoms with Crippen molar-refractivity contribution in [3.63, 3.8) is 0 Å². The van der Waals surface area contributed by atoms with Gasteiger partial charge in [0.2, 0.25) is 0 Å². The van der Waals surface area contributed by atoms with Crippen molar-refractivity contribution >= 4 is 60.5 Å². The summed E-state index contributed by atoms with van der Waals surface area (Å²) < 4.78 is 6.31. The van der Waals surface area contributed by atoms with Gasteiger partial charge in [-0.25, -0.2) is 0 Å². The Hall–Kier alpha value is -6.19. The van der Waals surface area contributed by atoms with Crippen molar-refractivity contribution in [1.29, 1.82) is 0 Å². The number of anilines is 3. The van der Waals surface area contributed by atoms with Crippen LogP contribution in [0.1, 0.15) is 0 Å². The number of fused-ring (bicyclic) bond motifs is 5. The molecule has 0 atom stereocenters. The molecule has 46 heavy (non-hydrogen) atoms. The Bertz CT molecular complexity index is 2530. The van der Waals surface area contributed by atoms with Crippen molar-refractivity contribution in [3.8, 4) is 22.3 Å². The molecule has 0 saturated heterocycles. The summed E-state index contributed by atoms with van der Waals surface area (Å²) in [7, 11) is 0. The standard InChI is InChI=1S/C43H28N2O/c1-2-9-29(10-3-1)36-23-24-41(38-15-7-6-14-37(36)38)45(33-21-22-39-40-25-26-44-28-43(40)46-42(39)27-33)32-19-17-31(18-20-32)35-16-8-12-30-11-4-5-13-34(30)35/h1-28H. The van der Waals surface area contributed by atoms with Gasteiger partial charge in [-0.3, -0.25) is 4.98 Å². The molecule has 0 saturated carbocycles. The Morgan fingerprint density at radius 1 is 0.435 bits per heavy atom. The Labute approximate surface area is 266 Å². The number of furan rings is 1. The van der Waals surface area contributed by atoms with Gasteiger partial charge in [0.05, 0.1) is 11.9 Å². The van der Waals surface area contributed by atoms with Crippen LogP contribution >= 0.6 is 0 Å². The SMILES string of the molecule is c1ccc(-c2ccc(N(c3ccc(-c4cccc5ccccc45)cc3)c3ccc4c(c3)oc3cnccc34)c3ccccc23)cc1. The molecule has 0 N–H and O–H groups in total. The highest BCUT2D eigenvalue weighted by atomic mass is 16.3. The quantitative estimate of drug-likeness (QED) is 0.200. The predicted octanol–water partition coefficient (Wildman–Crippen LogP) is 12.1. The number of nitrogens with zero attached hydrogens (tertiary/aromatic N) is 2. The molecule has 0 amide bonds. The molecule has 0 bridgehead atoms. The van der Waals surface area contributed by atoms with Gasteiger partial charge in [-0.1, -0.05) is 115 Å². The topological polar surface area (TPSA) is 29.3 Å². The minimum atomic E-state index is 0.790. The molecule has 2 heterocycles. The van der Waals surface area contributed by atoms with Crippen molar-refractivity contribution in [2.75, 3.05) is 4.90 Å². The van der Waals surface area contributed by atoms with Crippen molar-refractivity contribution in [2.24, 2.45) is 0 Å². The Balaban J connectivity index is 1.25. The summed E-state index contributed by atoms with van der Waals surface area (Å²) >= 11 is 0. The van der Waals surface area contributed by atoms with Crippen LogP contribution in [0.2, 0.25) is 0 Å². The first kappa shape index (κ1) is 26.2. The van der Waals surface area contributed by atoms with E-state index in [0.717, 1.165) is 39.0 Å². The van der Waals surface area contributed by atoms with Crippen molar-refractivity contribution in [1.82, 2.24) is 4.98 Å². The third kappa shape index (κ3) is 4.33. The molecule has 9 aromatic rings. The van der Waals surface area contributed by atoms with Gasteiger partial charge in [-0.2, -0.15) is 0 Å². The van der Waals surface area contributed by atoms with E-state index in [1.54, 1.807) is 6.20 Å². The summed E-state index contributed by atoms with van der Waals surface area (Å²) in [6, 6.07) is 56.3. The molecular weight excluding hydrogens is 560 g/mol. The fourth-order valence-corrected chi connectivity index (χ4v) is 6.80. The van der Waals surface area contributed by atoms with Gasteiger partial charge in [0.15, 0.2) is 5.58 Å². The Morgan fingerprint density at radius 2 is 1.11 bits per heavy atom. The normalized spacial score (nSPS) is 11.5. The number of pyridine rings is 1. The average Bonchev–Trinajstić information content (AvgIpc) is 3.50. The van der Waals surface area contributed by atoms with E-state index in [4.69, 9.17) is 4.42 Å². The first-order chi connectivity index (χ1) is 22.8. The van der Waals surface area contributed by atoms with E-state index in [-0.39, 0.29) is 0 Å². The average molecular weight is 589 g/mol. The van der Waals surface area contributed by atoms with E-state index >= 15 is 0 Å². The van der Waals surface area contributed by atoms with Crippen LogP contribution in [0, 0.1) is 0 Å². The van der Waals surface area contributed by atoms with Crippen LogP contribution in [0.15, 0.2) is 175 Å². The molecule has 0 aliphatic carbocycles. The highest BCUT2D eigenvalue weighted by Gasteiger charge is 2.19. The minimum absolute atomic E-state index is 0.790. The summed E-state index contributed by atoms with van der Waals surface area (Å²) in [6.45, 7) is 0. The maximum absolute atomic E-state index is 6.31. The predicted molar refractivity (Wildman–Crippen MR) is 192 cm³/mol. The van der Waals surface area contributed by atoms with E-state index in [0.29, 0.717) is 0 Å². The fourth-order valence-electron chi connectivity index (χ4n) is 6.80. The summed E-state index contributed by atoms with van der Waals surface area (Å²) in [5.41, 5.74) is 9.65. The number of hydrogen-bond acceptors (Lipinski definition) is 3. The van der Waals surface area contributed by atoms with Crippen LogP contribution in [0.5, 0.6) is 0 Å². The Kier molecular flexibility index (Phi) is 6.14. The van der Waals surface area contributed by atoms with Crippen LogP contribution in [0.4, 0.5) is 17.1 Å². The van der Waals surface area contributed by atoms with Crippen LogP contribution in [0.25, 0.3) is 65.7 Å². The summed E-state index contributed by atoms with van der Waals surface area (Å²) in [6.07, 6.45) is 3.60. The lowest BCUT2D eigenvalue weighted by Crippen LogP contribution is -2.10. The van der Waals surface area contributed by atoms with E-state index < -0.39 is 0 Å². The molecule has 3 nitrogen and oxygen atoms in total. The molecule has 0 spiro atoms. The first-order valence-corrected chi connectivity index (χ1v) is 15.5. The van der Waals surface area contributed by atoms with Gasteiger partial charge in [-0.15, -0.1) is 0 Å². The molecule has 9 rings (SSSR count). The van der Waals surface area contributed by atoms with Crippen molar-refractivity contribution in [2.45, 2.75) is 0 Å². The van der Waals surface area contributed by atoms with Gasteiger partial charge in [0.1, 0.15) is 5.58 Å². The zero-order valence-corrected chi connectivity index (χ0v) is 25.0. The molecule has 0 unspecified atom stereocenters. The molecule has 0 fully saturated rings. The third-order valence-corrected chi connectivity index (χ3v) is 8.97. The number of aromatic nitrogens is 1. The van der Waals surface area contributed by atoms with Gasteiger partial charge >= 0.3 is 0 Å². The zero-order chi connectivity index (χ0) is 30.5. The maximum Gasteiger partial charge on any atom is 0.153 e. The lowest BCUT2D eigenvalue weighted by atomic mass is 9.96. The summed E-state index contributed by atoms with van der Waals surface area (Å²) in [4.78, 5) is 6.62. The van der Waals surface area contributed by atoms with Crippen molar-refractivity contribution < 1.29 is 4.42 Å². The minimum Gasteiger partial charge on any atom is -0.454 e. The second kappa shape index (κ2) is 10.8. The van der Waals surface area contributed by atoms with Crippen molar-refractivity contribution in [3.05, 3.63) is 170 Å². The molecule has 2 aromatic heterocycles. The molecule has 7 aromatic carbocycles. The third-order valence-electron chi connectivity index (χ3n) is 8.97. The molecule has 0 radical (unpaired) electrons. The van der Waals surface area contributed by atoms with E-state index in [1.165, 1.54) is 43.8 Å². The fraction of sp³-hybridized carbons (Fsp3) is 0. The van der Waals surface area contributed by atoms with E-state index in [2.05, 4.69) is 162 Å². The molecular formula is C43H28N2O. The highest BCUT2D eigenvalue weighted by Crippen LogP contribution is 2.44. The van der Waals surface area contributed by atoms with E-state index in [1.807, 2.05) is 12.3 Å².